The van der Waals surface area contributed by atoms with E-state index in [1.165, 1.54) is 11.0 Å². The molecule has 0 aliphatic heterocycles. The maximum Gasteiger partial charge on any atom is 0.323 e. The number of aliphatic carboxylic acids is 1. The molecule has 0 bridgehead atoms. The molecule has 0 aromatic heterocycles. The maximum absolute atomic E-state index is 11.8. The molecular weight excluding hydrogens is 220 g/mol. The van der Waals surface area contributed by atoms with E-state index in [2.05, 4.69) is 18.8 Å². The van der Waals surface area contributed by atoms with Crippen molar-refractivity contribution in [2.24, 2.45) is 5.41 Å². The Bertz CT molecular complexity index is 311. The molecule has 2 amide bonds. The molecule has 0 aromatic rings. The van der Waals surface area contributed by atoms with Gasteiger partial charge in [0.1, 0.15) is 6.54 Å². The number of carboxylic acid groups (broad SMARTS) is 1. The van der Waals surface area contributed by atoms with E-state index < -0.39 is 5.97 Å². The van der Waals surface area contributed by atoms with Gasteiger partial charge in [0.25, 0.3) is 0 Å². The third-order valence-corrected chi connectivity index (χ3v) is 3.28. The van der Waals surface area contributed by atoms with E-state index in [9.17, 15) is 9.59 Å². The zero-order chi connectivity index (χ0) is 12.9. The zero-order valence-corrected chi connectivity index (χ0v) is 10.2. The number of hydrogen-bond donors (Lipinski definition) is 2. The highest BCUT2D eigenvalue weighted by atomic mass is 16.4. The Morgan fingerprint density at radius 3 is 2.59 bits per heavy atom. The van der Waals surface area contributed by atoms with Gasteiger partial charge in [0.15, 0.2) is 0 Å². The summed E-state index contributed by atoms with van der Waals surface area (Å²) >= 11 is 0. The molecule has 1 rings (SSSR count). The van der Waals surface area contributed by atoms with Gasteiger partial charge in [0, 0.05) is 13.1 Å². The van der Waals surface area contributed by atoms with Gasteiger partial charge in [-0.1, -0.05) is 13.0 Å². The van der Waals surface area contributed by atoms with Crippen molar-refractivity contribution in [3.63, 3.8) is 0 Å². The first kappa shape index (κ1) is 13.5. The standard InChI is InChI=1S/C12H20N2O3/c1-3-7-14(8-10(15)16)11(17)13-9-12(4-2)5-6-12/h3H,1,4-9H2,2H3,(H,13,17)(H,15,16). The van der Waals surface area contributed by atoms with Crippen LogP contribution in [0.15, 0.2) is 12.7 Å². The van der Waals surface area contributed by atoms with Gasteiger partial charge in [-0.3, -0.25) is 4.79 Å². The Balaban J connectivity index is 2.41. The smallest absolute Gasteiger partial charge is 0.323 e. The van der Waals surface area contributed by atoms with E-state index in [0.29, 0.717) is 6.54 Å². The van der Waals surface area contributed by atoms with Crippen molar-refractivity contribution < 1.29 is 14.7 Å². The van der Waals surface area contributed by atoms with Crippen LogP contribution in [0.3, 0.4) is 0 Å². The average molecular weight is 240 g/mol. The van der Waals surface area contributed by atoms with Crippen LogP contribution >= 0.6 is 0 Å². The highest BCUT2D eigenvalue weighted by Crippen LogP contribution is 2.47. The lowest BCUT2D eigenvalue weighted by Gasteiger charge is -2.21. The summed E-state index contributed by atoms with van der Waals surface area (Å²) in [5.41, 5.74) is 0.263. The lowest BCUT2D eigenvalue weighted by molar-refractivity contribution is -0.137. The average Bonchev–Trinajstić information content (AvgIpc) is 3.05. The van der Waals surface area contributed by atoms with E-state index in [-0.39, 0.29) is 24.5 Å². The Hall–Kier alpha value is -1.52. The maximum atomic E-state index is 11.8. The molecule has 1 aliphatic carbocycles. The molecule has 0 spiro atoms. The van der Waals surface area contributed by atoms with Gasteiger partial charge in [-0.15, -0.1) is 6.58 Å². The summed E-state index contributed by atoms with van der Waals surface area (Å²) in [6, 6.07) is -0.327. The Morgan fingerprint density at radius 1 is 1.53 bits per heavy atom. The monoisotopic (exact) mass is 240 g/mol. The summed E-state index contributed by atoms with van der Waals surface area (Å²) in [6.07, 6.45) is 4.86. The first-order valence-corrected chi connectivity index (χ1v) is 5.88. The van der Waals surface area contributed by atoms with Crippen LogP contribution in [0.4, 0.5) is 4.79 Å². The molecule has 5 nitrogen and oxygen atoms in total. The number of nitrogens with zero attached hydrogens (tertiary/aromatic N) is 1. The summed E-state index contributed by atoms with van der Waals surface area (Å²) in [6.45, 7) is 6.21. The van der Waals surface area contributed by atoms with Crippen molar-refractivity contribution in [3.05, 3.63) is 12.7 Å². The second kappa shape index (κ2) is 5.70. The van der Waals surface area contributed by atoms with Crippen LogP contribution < -0.4 is 5.32 Å². The van der Waals surface area contributed by atoms with Crippen LogP contribution in [0.1, 0.15) is 26.2 Å². The molecule has 1 fully saturated rings. The minimum Gasteiger partial charge on any atom is -0.480 e. The highest BCUT2D eigenvalue weighted by molar-refractivity contribution is 5.80. The number of rotatable bonds is 7. The van der Waals surface area contributed by atoms with Crippen molar-refractivity contribution in [2.45, 2.75) is 26.2 Å². The normalized spacial score (nSPS) is 16.1. The third-order valence-electron chi connectivity index (χ3n) is 3.28. The van der Waals surface area contributed by atoms with E-state index in [1.807, 2.05) is 0 Å². The summed E-state index contributed by atoms with van der Waals surface area (Å²) in [4.78, 5) is 23.6. The van der Waals surface area contributed by atoms with Gasteiger partial charge in [-0.2, -0.15) is 0 Å². The summed E-state index contributed by atoms with van der Waals surface area (Å²) in [5, 5.41) is 11.5. The van der Waals surface area contributed by atoms with Crippen molar-refractivity contribution in [2.75, 3.05) is 19.6 Å². The number of carbonyl (C=O) groups is 2. The summed E-state index contributed by atoms with van der Waals surface area (Å²) < 4.78 is 0. The minimum atomic E-state index is -1.02. The number of carbonyl (C=O) groups excluding carboxylic acids is 1. The van der Waals surface area contributed by atoms with Gasteiger partial charge in [0.05, 0.1) is 0 Å². The molecule has 0 heterocycles. The van der Waals surface area contributed by atoms with Crippen molar-refractivity contribution in [1.82, 2.24) is 10.2 Å². The quantitative estimate of drug-likeness (QED) is 0.662. The molecule has 2 N–H and O–H groups in total. The van der Waals surface area contributed by atoms with Gasteiger partial charge >= 0.3 is 12.0 Å². The van der Waals surface area contributed by atoms with Crippen LogP contribution in [0, 0.1) is 5.41 Å². The number of carboxylic acids is 1. The van der Waals surface area contributed by atoms with Gasteiger partial charge < -0.3 is 15.3 Å². The van der Waals surface area contributed by atoms with Gasteiger partial charge in [-0.05, 0) is 24.7 Å². The third kappa shape index (κ3) is 4.09. The molecular formula is C12H20N2O3. The van der Waals surface area contributed by atoms with E-state index in [0.717, 1.165) is 19.3 Å². The molecule has 1 saturated carbocycles. The van der Waals surface area contributed by atoms with E-state index >= 15 is 0 Å². The van der Waals surface area contributed by atoms with Crippen molar-refractivity contribution >= 4 is 12.0 Å². The number of nitrogens with one attached hydrogen (secondary N) is 1. The predicted molar refractivity (Wildman–Crippen MR) is 64.8 cm³/mol. The fraction of sp³-hybridized carbons (Fsp3) is 0.667. The Labute approximate surface area is 101 Å². The molecule has 5 heteroatoms. The fourth-order valence-corrected chi connectivity index (χ4v) is 1.75. The molecule has 0 radical (unpaired) electrons. The molecule has 96 valence electrons. The minimum absolute atomic E-state index is 0.247. The van der Waals surface area contributed by atoms with Crippen LogP contribution in [0.2, 0.25) is 0 Å². The lowest BCUT2D eigenvalue weighted by atomic mass is 10.0. The van der Waals surface area contributed by atoms with Crippen LogP contribution in [0.25, 0.3) is 0 Å². The topological polar surface area (TPSA) is 69.6 Å². The second-order valence-corrected chi connectivity index (χ2v) is 4.58. The SMILES string of the molecule is C=CCN(CC(=O)O)C(=O)NCC1(CC)CC1. The number of urea groups is 1. The number of amides is 2. The molecule has 0 atom stereocenters. The second-order valence-electron chi connectivity index (χ2n) is 4.58. The molecule has 0 unspecified atom stereocenters. The first-order valence-electron chi connectivity index (χ1n) is 5.88. The van der Waals surface area contributed by atoms with Crippen LogP contribution in [-0.4, -0.2) is 41.6 Å². The lowest BCUT2D eigenvalue weighted by Crippen LogP contribution is -2.44. The van der Waals surface area contributed by atoms with Crippen LogP contribution in [0.5, 0.6) is 0 Å². The van der Waals surface area contributed by atoms with Crippen LogP contribution in [-0.2, 0) is 4.79 Å². The molecule has 0 saturated heterocycles. The fourth-order valence-electron chi connectivity index (χ4n) is 1.75. The Morgan fingerprint density at radius 2 is 2.18 bits per heavy atom. The van der Waals surface area contributed by atoms with Crippen molar-refractivity contribution in [3.8, 4) is 0 Å². The van der Waals surface area contributed by atoms with Gasteiger partial charge in [-0.25, -0.2) is 4.79 Å². The largest absolute Gasteiger partial charge is 0.480 e. The first-order chi connectivity index (χ1) is 8.03. The van der Waals surface area contributed by atoms with E-state index in [4.69, 9.17) is 5.11 Å². The van der Waals surface area contributed by atoms with Crippen molar-refractivity contribution in [1.29, 1.82) is 0 Å². The van der Waals surface area contributed by atoms with Gasteiger partial charge in [0.2, 0.25) is 0 Å². The highest BCUT2D eigenvalue weighted by Gasteiger charge is 2.40. The Kier molecular flexibility index (Phi) is 4.54. The summed E-state index contributed by atoms with van der Waals surface area (Å²) in [5.74, 6) is -1.02. The molecule has 1 aliphatic rings. The molecule has 17 heavy (non-hydrogen) atoms. The summed E-state index contributed by atoms with van der Waals surface area (Å²) in [7, 11) is 0. The molecule has 0 aromatic carbocycles. The zero-order valence-electron chi connectivity index (χ0n) is 10.2. The predicted octanol–water partition coefficient (Wildman–Crippen LogP) is 1.46. The number of hydrogen-bond acceptors (Lipinski definition) is 2. The van der Waals surface area contributed by atoms with E-state index in [1.54, 1.807) is 0 Å².